The first-order chi connectivity index (χ1) is 11.0. The second-order valence-electron chi connectivity index (χ2n) is 5.37. The fourth-order valence-corrected chi connectivity index (χ4v) is 2.31. The van der Waals surface area contributed by atoms with E-state index in [0.717, 1.165) is 11.3 Å². The summed E-state index contributed by atoms with van der Waals surface area (Å²) in [6.07, 6.45) is 0.879. The van der Waals surface area contributed by atoms with Crippen LogP contribution in [0.1, 0.15) is 24.0 Å². The van der Waals surface area contributed by atoms with Gasteiger partial charge in [0.05, 0.1) is 6.61 Å². The number of carbonyl (C=O) groups is 1. The molecule has 0 fully saturated rings. The zero-order chi connectivity index (χ0) is 16.8. The van der Waals surface area contributed by atoms with Gasteiger partial charge in [-0.25, -0.2) is 4.39 Å². The second-order valence-corrected chi connectivity index (χ2v) is 5.81. The highest BCUT2D eigenvalue weighted by molar-refractivity contribution is 6.30. The van der Waals surface area contributed by atoms with Crippen molar-refractivity contribution < 1.29 is 13.9 Å². The Kier molecular flexibility index (Phi) is 5.99. The fourth-order valence-electron chi connectivity index (χ4n) is 2.08. The Morgan fingerprint density at radius 1 is 1.17 bits per heavy atom. The van der Waals surface area contributed by atoms with Gasteiger partial charge in [0.2, 0.25) is 5.91 Å². The van der Waals surface area contributed by atoms with Gasteiger partial charge >= 0.3 is 0 Å². The maximum Gasteiger partial charge on any atom is 0.224 e. The van der Waals surface area contributed by atoms with E-state index in [1.54, 1.807) is 25.1 Å². The Morgan fingerprint density at radius 3 is 2.65 bits per heavy atom. The smallest absolute Gasteiger partial charge is 0.224 e. The predicted octanol–water partition coefficient (Wildman–Crippen LogP) is 4.89. The van der Waals surface area contributed by atoms with Gasteiger partial charge in [-0.1, -0.05) is 17.7 Å². The minimum Gasteiger partial charge on any atom is -0.493 e. The van der Waals surface area contributed by atoms with Gasteiger partial charge < -0.3 is 10.1 Å². The predicted molar refractivity (Wildman–Crippen MR) is 90.7 cm³/mol. The van der Waals surface area contributed by atoms with Crippen molar-refractivity contribution in [3.8, 4) is 5.75 Å². The van der Waals surface area contributed by atoms with E-state index in [2.05, 4.69) is 5.32 Å². The highest BCUT2D eigenvalue weighted by Gasteiger charge is 2.06. The number of ether oxygens (including phenoxy) is 1. The molecule has 0 unspecified atom stereocenters. The van der Waals surface area contributed by atoms with Crippen LogP contribution in [0.25, 0.3) is 0 Å². The van der Waals surface area contributed by atoms with Crippen molar-refractivity contribution in [2.45, 2.75) is 26.7 Å². The van der Waals surface area contributed by atoms with Gasteiger partial charge in [0.1, 0.15) is 11.6 Å². The molecule has 0 bridgehead atoms. The summed E-state index contributed by atoms with van der Waals surface area (Å²) < 4.78 is 19.0. The van der Waals surface area contributed by atoms with E-state index in [0.29, 0.717) is 35.7 Å². The molecule has 0 atom stereocenters. The Hall–Kier alpha value is -2.07. The van der Waals surface area contributed by atoms with Crippen LogP contribution in [0.4, 0.5) is 10.1 Å². The van der Waals surface area contributed by atoms with Crippen LogP contribution in [0, 0.1) is 19.7 Å². The van der Waals surface area contributed by atoms with E-state index >= 15 is 0 Å². The van der Waals surface area contributed by atoms with Gasteiger partial charge in [0.15, 0.2) is 0 Å². The lowest BCUT2D eigenvalue weighted by Crippen LogP contribution is -2.13. The maximum absolute atomic E-state index is 13.4. The molecule has 1 N–H and O–H groups in total. The number of amides is 1. The normalized spacial score (nSPS) is 10.4. The molecule has 5 heteroatoms. The van der Waals surface area contributed by atoms with Crippen molar-refractivity contribution >= 4 is 23.2 Å². The van der Waals surface area contributed by atoms with Crippen LogP contribution < -0.4 is 10.1 Å². The van der Waals surface area contributed by atoms with E-state index in [4.69, 9.17) is 16.3 Å². The number of anilines is 1. The molecule has 3 nitrogen and oxygen atoms in total. The van der Waals surface area contributed by atoms with Crippen LogP contribution in [-0.2, 0) is 4.79 Å². The number of halogens is 2. The average molecular weight is 336 g/mol. The topological polar surface area (TPSA) is 38.3 Å². The number of nitrogens with one attached hydrogen (secondary N) is 1. The summed E-state index contributed by atoms with van der Waals surface area (Å²) in [5, 5.41) is 3.34. The van der Waals surface area contributed by atoms with Crippen LogP contribution in [0.5, 0.6) is 5.75 Å². The lowest BCUT2D eigenvalue weighted by Gasteiger charge is -2.10. The molecule has 1 amide bonds. The largest absolute Gasteiger partial charge is 0.493 e. The lowest BCUT2D eigenvalue weighted by molar-refractivity contribution is -0.116. The number of hydrogen-bond donors (Lipinski definition) is 1. The molecule has 0 aliphatic carbocycles. The van der Waals surface area contributed by atoms with Gasteiger partial charge in [-0.2, -0.15) is 0 Å². The highest BCUT2D eigenvalue weighted by Crippen LogP contribution is 2.22. The zero-order valence-corrected chi connectivity index (χ0v) is 13.9. The number of carbonyl (C=O) groups excluding carboxylic acids is 1. The number of rotatable bonds is 6. The molecule has 2 rings (SSSR count). The molecule has 0 aliphatic rings. The van der Waals surface area contributed by atoms with Gasteiger partial charge in [0.25, 0.3) is 0 Å². The SMILES string of the molecule is Cc1ccc(NC(=O)CCCOc2ccc(Cl)cc2C)cc1F. The lowest BCUT2D eigenvalue weighted by atomic mass is 10.2. The minimum atomic E-state index is -0.329. The third-order valence-corrected chi connectivity index (χ3v) is 3.63. The standard InChI is InChI=1S/C18H19ClFNO2/c1-12-5-7-15(11-16(12)20)21-18(22)4-3-9-23-17-8-6-14(19)10-13(17)2/h5-8,10-11H,3-4,9H2,1-2H3,(H,21,22). The maximum atomic E-state index is 13.4. The molecule has 0 aromatic heterocycles. The molecule has 23 heavy (non-hydrogen) atoms. The molecular formula is C18H19ClFNO2. The molecule has 2 aromatic rings. The van der Waals surface area contributed by atoms with Crippen molar-refractivity contribution in [2.24, 2.45) is 0 Å². The summed E-state index contributed by atoms with van der Waals surface area (Å²) in [6.45, 7) is 4.02. The molecule has 0 saturated carbocycles. The minimum absolute atomic E-state index is 0.162. The van der Waals surface area contributed by atoms with Crippen LogP contribution in [0.2, 0.25) is 5.02 Å². The molecule has 122 valence electrons. The molecule has 0 spiro atoms. The quantitative estimate of drug-likeness (QED) is 0.763. The Balaban J connectivity index is 1.75. The first kappa shape index (κ1) is 17.3. The molecule has 0 radical (unpaired) electrons. The summed E-state index contributed by atoms with van der Waals surface area (Å²) in [4.78, 5) is 11.8. The summed E-state index contributed by atoms with van der Waals surface area (Å²) >= 11 is 5.88. The Labute approximate surface area is 140 Å². The molecule has 0 heterocycles. The zero-order valence-electron chi connectivity index (χ0n) is 13.2. The summed E-state index contributed by atoms with van der Waals surface area (Å²) in [5.41, 5.74) is 1.97. The van der Waals surface area contributed by atoms with Crippen molar-refractivity contribution in [1.82, 2.24) is 0 Å². The summed E-state index contributed by atoms with van der Waals surface area (Å²) in [7, 11) is 0. The van der Waals surface area contributed by atoms with Gasteiger partial charge in [-0.05, 0) is 61.7 Å². The van der Waals surface area contributed by atoms with Crippen molar-refractivity contribution in [2.75, 3.05) is 11.9 Å². The van der Waals surface area contributed by atoms with Gasteiger partial charge in [-0.3, -0.25) is 4.79 Å². The number of benzene rings is 2. The molecular weight excluding hydrogens is 317 g/mol. The van der Waals surface area contributed by atoms with E-state index in [1.165, 1.54) is 6.07 Å². The van der Waals surface area contributed by atoms with Crippen molar-refractivity contribution in [3.63, 3.8) is 0 Å². The van der Waals surface area contributed by atoms with E-state index < -0.39 is 0 Å². The van der Waals surface area contributed by atoms with E-state index in [1.807, 2.05) is 19.1 Å². The van der Waals surface area contributed by atoms with Crippen molar-refractivity contribution in [1.29, 1.82) is 0 Å². The molecule has 0 aliphatic heterocycles. The monoisotopic (exact) mass is 335 g/mol. The number of aryl methyl sites for hydroxylation is 2. The third kappa shape index (κ3) is 5.25. The second kappa shape index (κ2) is 7.97. The highest BCUT2D eigenvalue weighted by atomic mass is 35.5. The van der Waals surface area contributed by atoms with Crippen LogP contribution in [-0.4, -0.2) is 12.5 Å². The summed E-state index contributed by atoms with van der Waals surface area (Å²) in [6, 6.07) is 10.0. The third-order valence-electron chi connectivity index (χ3n) is 3.40. The van der Waals surface area contributed by atoms with Gasteiger partial charge in [0, 0.05) is 17.1 Å². The Morgan fingerprint density at radius 2 is 1.96 bits per heavy atom. The first-order valence-electron chi connectivity index (χ1n) is 7.40. The fraction of sp³-hybridized carbons (Fsp3) is 0.278. The van der Waals surface area contributed by atoms with E-state index in [9.17, 15) is 9.18 Å². The van der Waals surface area contributed by atoms with Crippen LogP contribution >= 0.6 is 11.6 Å². The summed E-state index contributed by atoms with van der Waals surface area (Å²) in [5.74, 6) is 0.268. The van der Waals surface area contributed by atoms with Crippen LogP contribution in [0.15, 0.2) is 36.4 Å². The Bertz CT molecular complexity index is 703. The van der Waals surface area contributed by atoms with E-state index in [-0.39, 0.29) is 11.7 Å². The first-order valence-corrected chi connectivity index (χ1v) is 7.78. The molecule has 0 saturated heterocycles. The van der Waals surface area contributed by atoms with Crippen molar-refractivity contribution in [3.05, 3.63) is 58.4 Å². The van der Waals surface area contributed by atoms with Crippen LogP contribution in [0.3, 0.4) is 0 Å². The number of hydrogen-bond acceptors (Lipinski definition) is 2. The average Bonchev–Trinajstić information content (AvgIpc) is 2.49. The molecule has 2 aromatic carbocycles. The van der Waals surface area contributed by atoms with Gasteiger partial charge in [-0.15, -0.1) is 0 Å².